The van der Waals surface area contributed by atoms with Gasteiger partial charge in [0.25, 0.3) is 0 Å². The zero-order valence-corrected chi connectivity index (χ0v) is 15.0. The predicted octanol–water partition coefficient (Wildman–Crippen LogP) is 2.27. The maximum absolute atomic E-state index is 13.0. The summed E-state index contributed by atoms with van der Waals surface area (Å²) in [6, 6.07) is 3.17. The molecule has 1 aromatic rings. The van der Waals surface area contributed by atoms with Crippen LogP contribution in [0.25, 0.3) is 0 Å². The van der Waals surface area contributed by atoms with Crippen LogP contribution in [-0.4, -0.2) is 48.2 Å². The molecule has 3 amide bonds. The van der Waals surface area contributed by atoms with Crippen molar-refractivity contribution in [1.29, 1.82) is 0 Å². The third-order valence-electron chi connectivity index (χ3n) is 4.78. The molecule has 2 heterocycles. The molecule has 1 N–H and O–H groups in total. The predicted molar refractivity (Wildman–Crippen MR) is 95.6 cm³/mol. The minimum atomic E-state index is -0.340. The Labute approximate surface area is 153 Å². The van der Waals surface area contributed by atoms with Crippen LogP contribution in [0.1, 0.15) is 31.2 Å². The van der Waals surface area contributed by atoms with Gasteiger partial charge in [0, 0.05) is 24.9 Å². The van der Waals surface area contributed by atoms with Crippen LogP contribution in [-0.2, 0) is 16.1 Å². The van der Waals surface area contributed by atoms with E-state index in [0.29, 0.717) is 24.7 Å². The second kappa shape index (κ2) is 8.80. The van der Waals surface area contributed by atoms with E-state index >= 15 is 0 Å². The van der Waals surface area contributed by atoms with Crippen LogP contribution in [0, 0.1) is 5.92 Å². The molecule has 2 atom stereocenters. The Bertz CT molecular complexity index is 677. The summed E-state index contributed by atoms with van der Waals surface area (Å²) in [6.45, 7) is 0.952. The number of aromatic nitrogens is 1. The molecule has 1 aliphatic heterocycles. The van der Waals surface area contributed by atoms with E-state index in [1.54, 1.807) is 19.4 Å². The molecule has 26 heavy (non-hydrogen) atoms. The molecule has 0 radical (unpaired) electrons. The van der Waals surface area contributed by atoms with Crippen molar-refractivity contribution < 1.29 is 19.1 Å². The van der Waals surface area contributed by atoms with Gasteiger partial charge >= 0.3 is 6.03 Å². The third-order valence-corrected chi connectivity index (χ3v) is 4.78. The van der Waals surface area contributed by atoms with Crippen molar-refractivity contribution in [3.05, 3.63) is 36.0 Å². The van der Waals surface area contributed by atoms with Crippen molar-refractivity contribution in [2.24, 2.45) is 5.92 Å². The van der Waals surface area contributed by atoms with Crippen molar-refractivity contribution in [1.82, 2.24) is 15.2 Å². The fourth-order valence-electron chi connectivity index (χ4n) is 3.41. The summed E-state index contributed by atoms with van der Waals surface area (Å²) in [5, 5.41) is 3.01. The van der Waals surface area contributed by atoms with Gasteiger partial charge in [0.15, 0.2) is 0 Å². The van der Waals surface area contributed by atoms with E-state index in [9.17, 15) is 9.59 Å². The second-order valence-electron chi connectivity index (χ2n) is 6.52. The number of allylic oxidation sites excluding steroid dienone is 2. The van der Waals surface area contributed by atoms with E-state index < -0.39 is 0 Å². The molecule has 0 bridgehead atoms. The fourth-order valence-corrected chi connectivity index (χ4v) is 3.41. The van der Waals surface area contributed by atoms with E-state index in [1.165, 1.54) is 4.90 Å². The summed E-state index contributed by atoms with van der Waals surface area (Å²) < 4.78 is 10.6. The second-order valence-corrected chi connectivity index (χ2v) is 6.52. The Morgan fingerprint density at radius 1 is 1.23 bits per heavy atom. The lowest BCUT2D eigenvalue weighted by Crippen LogP contribution is -2.59. The van der Waals surface area contributed by atoms with Gasteiger partial charge in [-0.25, -0.2) is 9.78 Å². The highest BCUT2D eigenvalue weighted by molar-refractivity contribution is 5.98. The number of amides is 3. The maximum Gasteiger partial charge on any atom is 0.324 e. The largest absolute Gasteiger partial charge is 0.475 e. The van der Waals surface area contributed by atoms with Gasteiger partial charge in [-0.2, -0.15) is 0 Å². The number of urea groups is 1. The van der Waals surface area contributed by atoms with Gasteiger partial charge < -0.3 is 14.8 Å². The van der Waals surface area contributed by atoms with Crippen LogP contribution in [0.15, 0.2) is 30.5 Å². The van der Waals surface area contributed by atoms with Gasteiger partial charge in [-0.1, -0.05) is 18.2 Å². The van der Waals surface area contributed by atoms with Crippen LogP contribution >= 0.6 is 0 Å². The number of hydrogen-bond acceptors (Lipinski definition) is 5. The zero-order valence-electron chi connectivity index (χ0n) is 15.0. The number of carbonyl (C=O) groups excluding carboxylic acids is 2. The number of rotatable bonds is 6. The number of methoxy groups -OCH3 is 1. The summed E-state index contributed by atoms with van der Waals surface area (Å²) >= 11 is 0. The fraction of sp³-hybridized carbons (Fsp3) is 0.526. The van der Waals surface area contributed by atoms with Gasteiger partial charge in [0.05, 0.1) is 19.1 Å². The molecule has 0 aromatic carbocycles. The Morgan fingerprint density at radius 3 is 2.85 bits per heavy atom. The van der Waals surface area contributed by atoms with Gasteiger partial charge in [-0.15, -0.1) is 0 Å². The van der Waals surface area contributed by atoms with Gasteiger partial charge in [-0.05, 0) is 31.7 Å². The molecule has 3 rings (SSSR count). The van der Waals surface area contributed by atoms with Gasteiger partial charge in [0.1, 0.15) is 6.61 Å². The molecule has 0 saturated carbocycles. The maximum atomic E-state index is 13.0. The van der Waals surface area contributed by atoms with Crippen LogP contribution in [0.3, 0.4) is 0 Å². The molecule has 1 fully saturated rings. The Hall–Kier alpha value is -2.41. The standard InChI is InChI=1S/C19H25N3O4/c1-25-11-12-26-17-14(7-6-10-20-17)13-22-18(23)15-8-4-2-3-5-9-16(15)21-19(22)24/h2-3,6-7,10,15-16H,4-5,8-9,11-13H2,1H3,(H,21,24)/b3-2-/t15-,16+/m0/s1. The van der Waals surface area contributed by atoms with Crippen LogP contribution in [0.4, 0.5) is 4.79 Å². The quantitative estimate of drug-likeness (QED) is 0.622. The summed E-state index contributed by atoms with van der Waals surface area (Å²) in [4.78, 5) is 31.0. The average molecular weight is 359 g/mol. The van der Waals surface area contributed by atoms with Crippen molar-refractivity contribution in [2.75, 3.05) is 20.3 Å². The number of hydrogen-bond donors (Lipinski definition) is 1. The van der Waals surface area contributed by atoms with Gasteiger partial charge in [0.2, 0.25) is 11.8 Å². The number of imide groups is 1. The number of fused-ring (bicyclic) bond motifs is 1. The van der Waals surface area contributed by atoms with Crippen molar-refractivity contribution in [3.8, 4) is 5.88 Å². The van der Waals surface area contributed by atoms with Crippen LogP contribution in [0.5, 0.6) is 5.88 Å². The summed E-state index contributed by atoms with van der Waals surface area (Å²) in [7, 11) is 1.60. The van der Waals surface area contributed by atoms with Crippen molar-refractivity contribution in [2.45, 2.75) is 38.3 Å². The third kappa shape index (κ3) is 4.22. The normalized spacial score (nSPS) is 24.3. The minimum absolute atomic E-state index is 0.0810. The van der Waals surface area contributed by atoms with Crippen LogP contribution < -0.4 is 10.1 Å². The van der Waals surface area contributed by atoms with E-state index in [0.717, 1.165) is 25.7 Å². The van der Waals surface area contributed by atoms with E-state index in [-0.39, 0.29) is 30.4 Å². The molecule has 7 nitrogen and oxygen atoms in total. The number of nitrogens with zero attached hydrogens (tertiary/aromatic N) is 2. The van der Waals surface area contributed by atoms with Gasteiger partial charge in [-0.3, -0.25) is 9.69 Å². The highest BCUT2D eigenvalue weighted by atomic mass is 16.5. The first-order valence-corrected chi connectivity index (χ1v) is 9.03. The molecule has 140 valence electrons. The Kier molecular flexibility index (Phi) is 6.22. The molecular formula is C19H25N3O4. The molecule has 0 spiro atoms. The molecule has 1 aliphatic carbocycles. The summed E-state index contributed by atoms with van der Waals surface area (Å²) in [5.41, 5.74) is 0.705. The molecule has 0 unspecified atom stereocenters. The number of pyridine rings is 1. The summed E-state index contributed by atoms with van der Waals surface area (Å²) in [5.74, 6) is 0.140. The molecular weight excluding hydrogens is 334 g/mol. The highest BCUT2D eigenvalue weighted by Gasteiger charge is 2.40. The minimum Gasteiger partial charge on any atom is -0.475 e. The first-order chi connectivity index (χ1) is 12.7. The molecule has 7 heteroatoms. The number of nitrogens with one attached hydrogen (secondary N) is 1. The Morgan fingerprint density at radius 2 is 2.04 bits per heavy atom. The first-order valence-electron chi connectivity index (χ1n) is 9.03. The lowest BCUT2D eigenvalue weighted by atomic mass is 9.86. The molecule has 1 aromatic heterocycles. The zero-order chi connectivity index (χ0) is 18.4. The molecule has 2 aliphatic rings. The summed E-state index contributed by atoms with van der Waals surface area (Å²) in [6.07, 6.45) is 9.15. The number of carbonyl (C=O) groups is 2. The van der Waals surface area contributed by atoms with E-state index in [4.69, 9.17) is 9.47 Å². The SMILES string of the molecule is COCCOc1ncccc1CN1C(=O)N[C@@H]2CC/C=C\CC[C@@H]2C1=O. The lowest BCUT2D eigenvalue weighted by Gasteiger charge is -2.38. The number of ether oxygens (including phenoxy) is 2. The van der Waals surface area contributed by atoms with E-state index in [2.05, 4.69) is 22.5 Å². The van der Waals surface area contributed by atoms with Crippen LogP contribution in [0.2, 0.25) is 0 Å². The Balaban J connectivity index is 1.74. The van der Waals surface area contributed by atoms with Crippen molar-refractivity contribution in [3.63, 3.8) is 0 Å². The monoisotopic (exact) mass is 359 g/mol. The average Bonchev–Trinajstić information content (AvgIpc) is 2.62. The first kappa shape index (κ1) is 18.4. The molecule has 1 saturated heterocycles. The topological polar surface area (TPSA) is 80.8 Å². The highest BCUT2D eigenvalue weighted by Crippen LogP contribution is 2.27. The lowest BCUT2D eigenvalue weighted by molar-refractivity contribution is -0.136. The smallest absolute Gasteiger partial charge is 0.324 e. The van der Waals surface area contributed by atoms with Crippen molar-refractivity contribution >= 4 is 11.9 Å². The van der Waals surface area contributed by atoms with E-state index in [1.807, 2.05) is 6.07 Å².